The highest BCUT2D eigenvalue weighted by Gasteiger charge is 2.21. The van der Waals surface area contributed by atoms with Crippen molar-refractivity contribution in [1.82, 2.24) is 4.98 Å². The number of aromatic hydroxyl groups is 1. The van der Waals surface area contributed by atoms with Crippen LogP contribution in [0.4, 0.5) is 11.4 Å². The number of carbonyl (C=O) groups is 1. The third kappa shape index (κ3) is 2.72. The number of nitro benzene ring substituents is 1. The van der Waals surface area contributed by atoms with Gasteiger partial charge in [0.2, 0.25) is 0 Å². The Morgan fingerprint density at radius 1 is 1.40 bits per heavy atom. The van der Waals surface area contributed by atoms with E-state index in [2.05, 4.69) is 10.3 Å². The molecule has 0 aliphatic carbocycles. The van der Waals surface area contributed by atoms with Crippen LogP contribution in [-0.2, 0) is 0 Å². The number of aryl methyl sites for hydroxylation is 1. The summed E-state index contributed by atoms with van der Waals surface area (Å²) in [6.07, 6.45) is 3.06. The maximum atomic E-state index is 12.1. The van der Waals surface area contributed by atoms with Gasteiger partial charge in [-0.3, -0.25) is 19.9 Å². The van der Waals surface area contributed by atoms with E-state index >= 15 is 0 Å². The predicted molar refractivity (Wildman–Crippen MR) is 71.7 cm³/mol. The lowest BCUT2D eigenvalue weighted by Crippen LogP contribution is -2.14. The van der Waals surface area contributed by atoms with Crippen molar-refractivity contribution >= 4 is 17.3 Å². The lowest BCUT2D eigenvalue weighted by molar-refractivity contribution is -0.385. The second kappa shape index (κ2) is 5.35. The molecule has 1 aromatic heterocycles. The molecule has 0 saturated carbocycles. The van der Waals surface area contributed by atoms with Gasteiger partial charge in [0.1, 0.15) is 11.3 Å². The number of carbonyl (C=O) groups excluding carboxylic acids is 1. The smallest absolute Gasteiger partial charge is 0.282 e. The zero-order valence-electron chi connectivity index (χ0n) is 10.5. The Bertz CT molecular complexity index is 685. The van der Waals surface area contributed by atoms with Crippen molar-refractivity contribution in [3.05, 3.63) is 57.9 Å². The number of rotatable bonds is 3. The average Bonchev–Trinajstić information content (AvgIpc) is 2.40. The first kappa shape index (κ1) is 13.5. The van der Waals surface area contributed by atoms with Crippen LogP contribution in [0.2, 0.25) is 0 Å². The van der Waals surface area contributed by atoms with E-state index in [1.54, 1.807) is 19.2 Å². The standard InChI is InChI=1S/C13H11N3O4/c1-8-7-14-5-4-11(8)15-13(18)10-6-9(17)2-3-12(10)16(19)20/h2-7,17H,1H3,(H,14,15,18). The molecular formula is C13H11N3O4. The van der Waals surface area contributed by atoms with Gasteiger partial charge in [-0.05, 0) is 30.7 Å². The summed E-state index contributed by atoms with van der Waals surface area (Å²) in [5, 5.41) is 22.8. The maximum Gasteiger partial charge on any atom is 0.282 e. The second-order valence-corrected chi connectivity index (χ2v) is 4.10. The number of anilines is 1. The normalized spacial score (nSPS) is 10.1. The molecule has 0 aliphatic heterocycles. The summed E-state index contributed by atoms with van der Waals surface area (Å²) in [6.45, 7) is 1.75. The number of hydrogen-bond acceptors (Lipinski definition) is 5. The van der Waals surface area contributed by atoms with Gasteiger partial charge >= 0.3 is 0 Å². The Labute approximate surface area is 114 Å². The number of nitro groups is 1. The number of phenols is 1. The van der Waals surface area contributed by atoms with Gasteiger partial charge in [0.25, 0.3) is 11.6 Å². The number of benzene rings is 1. The molecule has 7 nitrogen and oxygen atoms in total. The summed E-state index contributed by atoms with van der Waals surface area (Å²) in [4.78, 5) is 26.2. The highest BCUT2D eigenvalue weighted by Crippen LogP contribution is 2.24. The van der Waals surface area contributed by atoms with Gasteiger partial charge in [-0.25, -0.2) is 0 Å². The number of phenolic OH excluding ortho intramolecular Hbond substituents is 1. The fourth-order valence-electron chi connectivity index (χ4n) is 1.67. The first-order chi connectivity index (χ1) is 9.49. The van der Waals surface area contributed by atoms with E-state index in [9.17, 15) is 20.0 Å². The van der Waals surface area contributed by atoms with Gasteiger partial charge in [-0.1, -0.05) is 0 Å². The van der Waals surface area contributed by atoms with Crippen LogP contribution < -0.4 is 5.32 Å². The Morgan fingerprint density at radius 3 is 2.80 bits per heavy atom. The van der Waals surface area contributed by atoms with Crippen molar-refractivity contribution in [2.75, 3.05) is 5.32 Å². The van der Waals surface area contributed by atoms with Crippen LogP contribution in [0.25, 0.3) is 0 Å². The third-order valence-corrected chi connectivity index (χ3v) is 2.69. The number of hydrogen-bond donors (Lipinski definition) is 2. The molecule has 1 aromatic carbocycles. The molecule has 1 heterocycles. The van der Waals surface area contributed by atoms with E-state index in [4.69, 9.17) is 0 Å². The molecule has 0 bridgehead atoms. The maximum absolute atomic E-state index is 12.1. The van der Waals surface area contributed by atoms with Gasteiger partial charge < -0.3 is 10.4 Å². The minimum atomic E-state index is -0.673. The third-order valence-electron chi connectivity index (χ3n) is 2.69. The van der Waals surface area contributed by atoms with Crippen LogP contribution in [0.3, 0.4) is 0 Å². The van der Waals surface area contributed by atoms with Crippen LogP contribution in [-0.4, -0.2) is 20.9 Å². The molecule has 0 unspecified atom stereocenters. The van der Waals surface area contributed by atoms with Gasteiger partial charge in [-0.2, -0.15) is 0 Å². The number of nitrogens with one attached hydrogen (secondary N) is 1. The average molecular weight is 273 g/mol. The molecule has 7 heteroatoms. The first-order valence-corrected chi connectivity index (χ1v) is 5.68. The van der Waals surface area contributed by atoms with Crippen molar-refractivity contribution in [3.63, 3.8) is 0 Å². The van der Waals surface area contributed by atoms with E-state index in [1.807, 2.05) is 0 Å². The number of amides is 1. The summed E-state index contributed by atoms with van der Waals surface area (Å²) in [5.41, 5.74) is 0.657. The molecule has 0 aliphatic rings. The summed E-state index contributed by atoms with van der Waals surface area (Å²) in [5.74, 6) is -0.880. The molecule has 1 amide bonds. The number of pyridine rings is 1. The number of nitrogens with zero attached hydrogens (tertiary/aromatic N) is 2. The molecule has 102 valence electrons. The fourth-order valence-corrected chi connectivity index (χ4v) is 1.67. The largest absolute Gasteiger partial charge is 0.508 e. The molecule has 2 rings (SSSR count). The zero-order valence-corrected chi connectivity index (χ0v) is 10.5. The molecular weight excluding hydrogens is 262 g/mol. The van der Waals surface area contributed by atoms with E-state index in [0.29, 0.717) is 5.69 Å². The Morgan fingerprint density at radius 2 is 2.15 bits per heavy atom. The van der Waals surface area contributed by atoms with Gasteiger partial charge in [-0.15, -0.1) is 0 Å². The van der Waals surface area contributed by atoms with E-state index < -0.39 is 10.8 Å². The SMILES string of the molecule is Cc1cnccc1NC(=O)c1cc(O)ccc1[N+](=O)[O-]. The Hall–Kier alpha value is -2.96. The van der Waals surface area contributed by atoms with Crippen LogP contribution in [0.15, 0.2) is 36.7 Å². The van der Waals surface area contributed by atoms with E-state index in [-0.39, 0.29) is 17.0 Å². The first-order valence-electron chi connectivity index (χ1n) is 5.68. The van der Waals surface area contributed by atoms with Crippen molar-refractivity contribution in [2.24, 2.45) is 0 Å². The van der Waals surface area contributed by atoms with Gasteiger partial charge in [0.05, 0.1) is 4.92 Å². The summed E-state index contributed by atoms with van der Waals surface area (Å²) in [6, 6.07) is 4.89. The van der Waals surface area contributed by atoms with Crippen LogP contribution >= 0.6 is 0 Å². The molecule has 2 aromatic rings. The minimum Gasteiger partial charge on any atom is -0.508 e. The predicted octanol–water partition coefficient (Wildman–Crippen LogP) is 2.26. The van der Waals surface area contributed by atoms with E-state index in [0.717, 1.165) is 23.8 Å². The van der Waals surface area contributed by atoms with Crippen molar-refractivity contribution in [1.29, 1.82) is 0 Å². The van der Waals surface area contributed by atoms with Gasteiger partial charge in [0, 0.05) is 24.1 Å². The molecule has 20 heavy (non-hydrogen) atoms. The van der Waals surface area contributed by atoms with Crippen LogP contribution in [0.5, 0.6) is 5.75 Å². The highest BCUT2D eigenvalue weighted by molar-refractivity contribution is 6.07. The zero-order chi connectivity index (χ0) is 14.7. The van der Waals surface area contributed by atoms with Gasteiger partial charge in [0.15, 0.2) is 0 Å². The van der Waals surface area contributed by atoms with Crippen molar-refractivity contribution in [3.8, 4) is 5.75 Å². The second-order valence-electron chi connectivity index (χ2n) is 4.10. The molecule has 2 N–H and O–H groups in total. The molecule has 0 fully saturated rings. The van der Waals surface area contributed by atoms with Crippen molar-refractivity contribution in [2.45, 2.75) is 6.92 Å². The summed E-state index contributed by atoms with van der Waals surface area (Å²) < 4.78 is 0. The lowest BCUT2D eigenvalue weighted by Gasteiger charge is -2.08. The van der Waals surface area contributed by atoms with Crippen molar-refractivity contribution < 1.29 is 14.8 Å². The minimum absolute atomic E-state index is 0.203. The monoisotopic (exact) mass is 273 g/mol. The topological polar surface area (TPSA) is 105 Å². The van der Waals surface area contributed by atoms with Crippen LogP contribution in [0.1, 0.15) is 15.9 Å². The Balaban J connectivity index is 2.37. The molecule has 0 saturated heterocycles. The Kier molecular flexibility index (Phi) is 3.60. The fraction of sp³-hybridized carbons (Fsp3) is 0.0769. The molecule has 0 atom stereocenters. The van der Waals surface area contributed by atoms with E-state index in [1.165, 1.54) is 6.20 Å². The number of aromatic nitrogens is 1. The summed E-state index contributed by atoms with van der Waals surface area (Å²) >= 11 is 0. The summed E-state index contributed by atoms with van der Waals surface area (Å²) in [7, 11) is 0. The molecule has 0 spiro atoms. The molecule has 0 radical (unpaired) electrons. The highest BCUT2D eigenvalue weighted by atomic mass is 16.6. The van der Waals surface area contributed by atoms with Crippen LogP contribution in [0, 0.1) is 17.0 Å². The lowest BCUT2D eigenvalue weighted by atomic mass is 10.1. The quantitative estimate of drug-likeness (QED) is 0.659.